The van der Waals surface area contributed by atoms with Crippen molar-refractivity contribution in [2.75, 3.05) is 8.61 Å². The predicted molar refractivity (Wildman–Crippen MR) is 189 cm³/mol. The van der Waals surface area contributed by atoms with Gasteiger partial charge in [-0.15, -0.1) is 0 Å². The normalized spacial score (nSPS) is 11.6. The summed E-state index contributed by atoms with van der Waals surface area (Å²) in [5.74, 6) is -1.59. The van der Waals surface area contributed by atoms with E-state index >= 15 is 0 Å². The lowest BCUT2D eigenvalue weighted by Gasteiger charge is -2.26. The van der Waals surface area contributed by atoms with Crippen molar-refractivity contribution in [3.05, 3.63) is 154 Å². The number of anilines is 2. The topological polar surface area (TPSA) is 109 Å². The van der Waals surface area contributed by atoms with Gasteiger partial charge in [0.25, 0.3) is 31.9 Å². The molecule has 0 unspecified atom stereocenters. The molecule has 0 aromatic heterocycles. The number of rotatable bonds is 8. The van der Waals surface area contributed by atoms with Crippen LogP contribution in [0, 0.1) is 41.5 Å². The molecule has 5 aromatic carbocycles. The SMILES string of the molecule is Cc1cc(C)c(S(=O)(=O)N(C(=O)c2ccccc2)c2ccc(N(C(=O)c3ccccc3)S(=O)(=O)c3cc(C)c(C)cc3C)cc2)cc1C. The van der Waals surface area contributed by atoms with Gasteiger partial charge in [0, 0.05) is 11.1 Å². The lowest BCUT2D eigenvalue weighted by atomic mass is 10.1. The Bertz CT molecular complexity index is 2090. The fourth-order valence-corrected chi connectivity index (χ4v) is 8.89. The highest BCUT2D eigenvalue weighted by atomic mass is 32.2. The number of carbonyl (C=O) groups excluding carboxylic acids is 2. The van der Waals surface area contributed by atoms with Crippen molar-refractivity contribution in [3.63, 3.8) is 0 Å². The first kappa shape index (κ1) is 34.3. The highest BCUT2D eigenvalue weighted by Gasteiger charge is 2.36. The highest BCUT2D eigenvalue weighted by molar-refractivity contribution is 7.94. The Hall–Kier alpha value is -5.06. The minimum absolute atomic E-state index is 0.0305. The van der Waals surface area contributed by atoms with E-state index in [0.29, 0.717) is 19.7 Å². The lowest BCUT2D eigenvalue weighted by molar-refractivity contribution is 0.0996. The first-order chi connectivity index (χ1) is 22.6. The average Bonchev–Trinajstić information content (AvgIpc) is 3.05. The molecule has 10 heteroatoms. The Kier molecular flexibility index (Phi) is 9.44. The fourth-order valence-electron chi connectivity index (χ4n) is 5.47. The number of amides is 2. The zero-order valence-corrected chi connectivity index (χ0v) is 29.2. The Balaban J connectivity index is 1.69. The molecule has 246 valence electrons. The minimum atomic E-state index is -4.46. The summed E-state index contributed by atoms with van der Waals surface area (Å²) in [5.41, 5.74) is 4.44. The van der Waals surface area contributed by atoms with Crippen LogP contribution in [0.15, 0.2) is 119 Å². The number of carbonyl (C=O) groups is 2. The molecule has 0 bridgehead atoms. The summed E-state index contributed by atoms with van der Waals surface area (Å²) in [7, 11) is -8.93. The van der Waals surface area contributed by atoms with Crippen LogP contribution in [0.1, 0.15) is 54.1 Å². The van der Waals surface area contributed by atoms with Crippen LogP contribution < -0.4 is 8.61 Å². The molecule has 0 saturated heterocycles. The molecule has 48 heavy (non-hydrogen) atoms. The van der Waals surface area contributed by atoms with E-state index in [0.717, 1.165) is 22.3 Å². The Labute approximate surface area is 282 Å². The van der Waals surface area contributed by atoms with E-state index in [-0.39, 0.29) is 32.3 Å². The van der Waals surface area contributed by atoms with Crippen LogP contribution >= 0.6 is 0 Å². The maximum Gasteiger partial charge on any atom is 0.272 e. The Morgan fingerprint density at radius 1 is 0.417 bits per heavy atom. The van der Waals surface area contributed by atoms with Gasteiger partial charge >= 0.3 is 0 Å². The standard InChI is InChI=1S/C38H36N2O6S2/c1-25-21-29(5)35(23-27(25)3)47(43,44)39(37(41)31-13-9-7-10-14-31)33-17-19-34(20-18-33)40(38(42)32-15-11-8-12-16-32)48(45,46)36-24-28(4)26(2)22-30(36)6/h7-24H,1-6H3. The molecule has 0 radical (unpaired) electrons. The zero-order chi connectivity index (χ0) is 35.0. The van der Waals surface area contributed by atoms with Crippen LogP contribution in [0.3, 0.4) is 0 Å². The quantitative estimate of drug-likeness (QED) is 0.167. The highest BCUT2D eigenvalue weighted by Crippen LogP contribution is 2.34. The summed E-state index contributed by atoms with van der Waals surface area (Å²) in [6, 6.07) is 28.0. The third-order valence-corrected chi connectivity index (χ3v) is 12.1. The minimum Gasteiger partial charge on any atom is -0.268 e. The van der Waals surface area contributed by atoms with Crippen molar-refractivity contribution in [1.82, 2.24) is 0 Å². The molecule has 0 N–H and O–H groups in total. The molecule has 5 aromatic rings. The maximum atomic E-state index is 14.3. The lowest BCUT2D eigenvalue weighted by Crippen LogP contribution is -2.38. The number of hydrogen-bond donors (Lipinski definition) is 0. The van der Waals surface area contributed by atoms with Gasteiger partial charge in [-0.05, 0) is 136 Å². The van der Waals surface area contributed by atoms with Crippen molar-refractivity contribution >= 4 is 43.2 Å². The van der Waals surface area contributed by atoms with Crippen molar-refractivity contribution < 1.29 is 26.4 Å². The molecular formula is C38H36N2O6S2. The third kappa shape index (κ3) is 6.41. The molecule has 0 aliphatic carbocycles. The van der Waals surface area contributed by atoms with Crippen molar-refractivity contribution in [3.8, 4) is 0 Å². The fraction of sp³-hybridized carbons (Fsp3) is 0.158. The number of hydrogen-bond acceptors (Lipinski definition) is 6. The number of nitrogens with zero attached hydrogens (tertiary/aromatic N) is 2. The van der Waals surface area contributed by atoms with E-state index in [1.54, 1.807) is 88.4 Å². The molecule has 0 heterocycles. The summed E-state index contributed by atoms with van der Waals surface area (Å²) in [6.07, 6.45) is 0. The van der Waals surface area contributed by atoms with E-state index < -0.39 is 31.9 Å². The number of sulfonamides is 2. The second kappa shape index (κ2) is 13.2. The molecule has 0 saturated carbocycles. The number of aryl methyl sites for hydroxylation is 6. The second-order valence-corrected chi connectivity index (χ2v) is 15.3. The molecule has 2 amide bonds. The van der Waals surface area contributed by atoms with Crippen LogP contribution in [0.2, 0.25) is 0 Å². The van der Waals surface area contributed by atoms with Crippen LogP contribution in [0.4, 0.5) is 11.4 Å². The second-order valence-electron chi connectivity index (χ2n) is 11.8. The Morgan fingerprint density at radius 2 is 0.708 bits per heavy atom. The van der Waals surface area contributed by atoms with Crippen molar-refractivity contribution in [1.29, 1.82) is 0 Å². The van der Waals surface area contributed by atoms with Crippen molar-refractivity contribution in [2.45, 2.75) is 51.3 Å². The van der Waals surface area contributed by atoms with Gasteiger partial charge in [-0.2, -0.15) is 8.61 Å². The molecule has 0 atom stereocenters. The van der Waals surface area contributed by atoms with Crippen molar-refractivity contribution in [2.24, 2.45) is 0 Å². The van der Waals surface area contributed by atoms with Gasteiger partial charge < -0.3 is 0 Å². The largest absolute Gasteiger partial charge is 0.272 e. The molecule has 5 rings (SSSR count). The summed E-state index contributed by atoms with van der Waals surface area (Å²) in [6.45, 7) is 10.7. The van der Waals surface area contributed by atoms with Crippen LogP contribution in [0.25, 0.3) is 0 Å². The number of benzene rings is 5. The van der Waals surface area contributed by atoms with E-state index in [1.807, 2.05) is 13.8 Å². The first-order valence-corrected chi connectivity index (χ1v) is 18.1. The van der Waals surface area contributed by atoms with Gasteiger partial charge in [0.05, 0.1) is 21.2 Å². The molecule has 0 fully saturated rings. The summed E-state index contributed by atoms with van der Waals surface area (Å²) < 4.78 is 58.8. The Morgan fingerprint density at radius 3 is 1.02 bits per heavy atom. The maximum absolute atomic E-state index is 14.3. The zero-order valence-electron chi connectivity index (χ0n) is 27.6. The smallest absolute Gasteiger partial charge is 0.268 e. The van der Waals surface area contributed by atoms with Gasteiger partial charge in [-0.25, -0.2) is 16.8 Å². The first-order valence-electron chi connectivity index (χ1n) is 15.2. The van der Waals surface area contributed by atoms with Gasteiger partial charge in [0.2, 0.25) is 0 Å². The summed E-state index contributed by atoms with van der Waals surface area (Å²) in [4.78, 5) is 27.9. The molecule has 8 nitrogen and oxygen atoms in total. The molecule has 0 aliphatic rings. The third-order valence-electron chi connectivity index (χ3n) is 8.35. The average molecular weight is 681 g/mol. The molecular weight excluding hydrogens is 645 g/mol. The van der Waals surface area contributed by atoms with E-state index in [4.69, 9.17) is 0 Å². The molecule has 0 aliphatic heterocycles. The summed E-state index contributed by atoms with van der Waals surface area (Å²) >= 11 is 0. The van der Waals surface area contributed by atoms with E-state index in [9.17, 15) is 26.4 Å². The van der Waals surface area contributed by atoms with Crippen LogP contribution in [0.5, 0.6) is 0 Å². The van der Waals surface area contributed by atoms with E-state index in [1.165, 1.54) is 48.5 Å². The van der Waals surface area contributed by atoms with Crippen LogP contribution in [-0.4, -0.2) is 28.6 Å². The predicted octanol–water partition coefficient (Wildman–Crippen LogP) is 7.61. The van der Waals surface area contributed by atoms with Gasteiger partial charge in [-0.3, -0.25) is 9.59 Å². The van der Waals surface area contributed by atoms with Gasteiger partial charge in [-0.1, -0.05) is 48.5 Å². The van der Waals surface area contributed by atoms with Crippen LogP contribution in [-0.2, 0) is 20.0 Å². The van der Waals surface area contributed by atoms with Gasteiger partial charge in [0.1, 0.15) is 0 Å². The molecule has 0 spiro atoms. The monoisotopic (exact) mass is 680 g/mol. The summed E-state index contributed by atoms with van der Waals surface area (Å²) in [5, 5.41) is 0. The van der Waals surface area contributed by atoms with Gasteiger partial charge in [0.15, 0.2) is 0 Å². The van der Waals surface area contributed by atoms with E-state index in [2.05, 4.69) is 0 Å².